The van der Waals surface area contributed by atoms with Gasteiger partial charge in [-0.1, -0.05) is 26.0 Å². The SMILES string of the molecule is CCN(Cc1ccc(C(F)(F)F)cc1)CC(C)C(=O)O. The summed E-state index contributed by atoms with van der Waals surface area (Å²) in [7, 11) is 0. The highest BCUT2D eigenvalue weighted by molar-refractivity contribution is 5.69. The van der Waals surface area contributed by atoms with Crippen LogP contribution in [0.15, 0.2) is 24.3 Å². The second-order valence-corrected chi connectivity index (χ2v) is 4.76. The number of carboxylic acid groups (broad SMARTS) is 1. The molecule has 0 radical (unpaired) electrons. The Morgan fingerprint density at radius 1 is 1.30 bits per heavy atom. The fourth-order valence-electron chi connectivity index (χ4n) is 1.83. The average molecular weight is 289 g/mol. The summed E-state index contributed by atoms with van der Waals surface area (Å²) in [6.07, 6.45) is -4.33. The first-order valence-electron chi connectivity index (χ1n) is 6.35. The maximum absolute atomic E-state index is 12.4. The van der Waals surface area contributed by atoms with E-state index in [9.17, 15) is 18.0 Å². The van der Waals surface area contributed by atoms with Crippen LogP contribution in [-0.2, 0) is 17.5 Å². The summed E-state index contributed by atoms with van der Waals surface area (Å²) < 4.78 is 37.3. The molecular weight excluding hydrogens is 271 g/mol. The number of carbonyl (C=O) groups is 1. The molecule has 0 spiro atoms. The molecule has 1 unspecified atom stereocenters. The van der Waals surface area contributed by atoms with E-state index in [1.165, 1.54) is 12.1 Å². The first kappa shape index (κ1) is 16.5. The van der Waals surface area contributed by atoms with Crippen LogP contribution < -0.4 is 0 Å². The molecule has 0 bridgehead atoms. The number of benzene rings is 1. The Balaban J connectivity index is 2.69. The fraction of sp³-hybridized carbons (Fsp3) is 0.500. The maximum atomic E-state index is 12.4. The minimum atomic E-state index is -4.33. The van der Waals surface area contributed by atoms with Crippen LogP contribution in [-0.4, -0.2) is 29.1 Å². The quantitative estimate of drug-likeness (QED) is 0.874. The molecule has 1 N–H and O–H groups in total. The molecule has 0 fully saturated rings. The molecule has 0 saturated heterocycles. The summed E-state index contributed by atoms with van der Waals surface area (Å²) in [4.78, 5) is 12.7. The van der Waals surface area contributed by atoms with Crippen LogP contribution in [0, 0.1) is 5.92 Å². The predicted octanol–water partition coefficient (Wildman–Crippen LogP) is 3.25. The number of alkyl halides is 3. The normalized spacial score (nSPS) is 13.5. The van der Waals surface area contributed by atoms with Gasteiger partial charge in [0.25, 0.3) is 0 Å². The Morgan fingerprint density at radius 2 is 1.85 bits per heavy atom. The molecule has 0 amide bonds. The highest BCUT2D eigenvalue weighted by Gasteiger charge is 2.29. The van der Waals surface area contributed by atoms with E-state index in [2.05, 4.69) is 0 Å². The predicted molar refractivity (Wildman–Crippen MR) is 69.2 cm³/mol. The highest BCUT2D eigenvalue weighted by Crippen LogP contribution is 2.29. The van der Waals surface area contributed by atoms with Crippen molar-refractivity contribution in [2.45, 2.75) is 26.6 Å². The van der Waals surface area contributed by atoms with Crippen molar-refractivity contribution in [2.24, 2.45) is 5.92 Å². The van der Waals surface area contributed by atoms with E-state index in [0.29, 0.717) is 19.6 Å². The molecule has 1 aromatic carbocycles. The topological polar surface area (TPSA) is 40.5 Å². The third-order valence-electron chi connectivity index (χ3n) is 3.09. The van der Waals surface area contributed by atoms with E-state index in [1.54, 1.807) is 6.92 Å². The zero-order chi connectivity index (χ0) is 15.3. The van der Waals surface area contributed by atoms with Gasteiger partial charge in [0.2, 0.25) is 0 Å². The van der Waals surface area contributed by atoms with Gasteiger partial charge in [-0.15, -0.1) is 0 Å². The van der Waals surface area contributed by atoms with Crippen molar-refractivity contribution in [3.8, 4) is 0 Å². The van der Waals surface area contributed by atoms with Gasteiger partial charge in [-0.05, 0) is 24.2 Å². The van der Waals surface area contributed by atoms with Gasteiger partial charge in [-0.25, -0.2) is 0 Å². The third-order valence-corrected chi connectivity index (χ3v) is 3.09. The molecule has 20 heavy (non-hydrogen) atoms. The number of carboxylic acids is 1. The Morgan fingerprint density at radius 3 is 2.25 bits per heavy atom. The van der Waals surface area contributed by atoms with Crippen molar-refractivity contribution in [3.63, 3.8) is 0 Å². The molecule has 6 heteroatoms. The van der Waals surface area contributed by atoms with Crippen molar-refractivity contribution in [1.82, 2.24) is 4.90 Å². The number of aliphatic carboxylic acids is 1. The minimum absolute atomic E-state index is 0.368. The second kappa shape index (κ2) is 6.74. The number of hydrogen-bond donors (Lipinski definition) is 1. The first-order valence-corrected chi connectivity index (χ1v) is 6.35. The number of halogens is 3. The molecule has 1 rings (SSSR count). The van der Waals surface area contributed by atoms with E-state index in [1.807, 2.05) is 11.8 Å². The molecular formula is C14H18F3NO2. The monoisotopic (exact) mass is 289 g/mol. The first-order chi connectivity index (χ1) is 9.24. The van der Waals surface area contributed by atoms with Crippen LogP contribution in [0.4, 0.5) is 13.2 Å². The van der Waals surface area contributed by atoms with Crippen LogP contribution in [0.25, 0.3) is 0 Å². The van der Waals surface area contributed by atoms with Crippen molar-refractivity contribution in [2.75, 3.05) is 13.1 Å². The van der Waals surface area contributed by atoms with Gasteiger partial charge in [-0.3, -0.25) is 9.69 Å². The average Bonchev–Trinajstić information content (AvgIpc) is 2.37. The van der Waals surface area contributed by atoms with Gasteiger partial charge in [-0.2, -0.15) is 13.2 Å². The van der Waals surface area contributed by atoms with Crippen molar-refractivity contribution >= 4 is 5.97 Å². The molecule has 3 nitrogen and oxygen atoms in total. The van der Waals surface area contributed by atoms with Crippen LogP contribution in [0.3, 0.4) is 0 Å². The van der Waals surface area contributed by atoms with Crippen LogP contribution in [0.5, 0.6) is 0 Å². The van der Waals surface area contributed by atoms with E-state index in [0.717, 1.165) is 17.7 Å². The number of nitrogens with zero attached hydrogens (tertiary/aromatic N) is 1. The molecule has 0 heterocycles. The lowest BCUT2D eigenvalue weighted by Gasteiger charge is -2.22. The molecule has 0 saturated carbocycles. The van der Waals surface area contributed by atoms with Crippen molar-refractivity contribution in [3.05, 3.63) is 35.4 Å². The Bertz CT molecular complexity index is 443. The van der Waals surface area contributed by atoms with Crippen molar-refractivity contribution in [1.29, 1.82) is 0 Å². The van der Waals surface area contributed by atoms with E-state index < -0.39 is 23.6 Å². The standard InChI is InChI=1S/C14H18F3NO2/c1-3-18(8-10(2)13(19)20)9-11-4-6-12(7-5-11)14(15,16)17/h4-7,10H,3,8-9H2,1-2H3,(H,19,20). The fourth-order valence-corrected chi connectivity index (χ4v) is 1.83. The summed E-state index contributed by atoms with van der Waals surface area (Å²) in [5.41, 5.74) is 0.0561. The van der Waals surface area contributed by atoms with Crippen LogP contribution >= 0.6 is 0 Å². The third kappa shape index (κ3) is 4.85. The molecule has 0 aromatic heterocycles. The molecule has 1 aromatic rings. The van der Waals surface area contributed by atoms with Gasteiger partial charge >= 0.3 is 12.1 Å². The van der Waals surface area contributed by atoms with Gasteiger partial charge in [0.15, 0.2) is 0 Å². The zero-order valence-electron chi connectivity index (χ0n) is 11.4. The summed E-state index contributed by atoms with van der Waals surface area (Å²) in [5.74, 6) is -1.39. The summed E-state index contributed by atoms with van der Waals surface area (Å²) in [5, 5.41) is 8.87. The van der Waals surface area contributed by atoms with Gasteiger partial charge in [0, 0.05) is 13.1 Å². The molecule has 0 aliphatic carbocycles. The molecule has 112 valence electrons. The Labute approximate surface area is 116 Å². The smallest absolute Gasteiger partial charge is 0.416 e. The highest BCUT2D eigenvalue weighted by atomic mass is 19.4. The van der Waals surface area contributed by atoms with E-state index >= 15 is 0 Å². The minimum Gasteiger partial charge on any atom is -0.481 e. The van der Waals surface area contributed by atoms with Gasteiger partial charge in [0.05, 0.1) is 11.5 Å². The lowest BCUT2D eigenvalue weighted by molar-refractivity contribution is -0.142. The summed E-state index contributed by atoms with van der Waals surface area (Å²) in [6, 6.07) is 4.95. The Kier molecular flexibility index (Phi) is 5.56. The maximum Gasteiger partial charge on any atom is 0.416 e. The molecule has 0 aliphatic heterocycles. The zero-order valence-corrected chi connectivity index (χ0v) is 11.4. The summed E-state index contributed by atoms with van der Waals surface area (Å²) >= 11 is 0. The van der Waals surface area contributed by atoms with E-state index in [-0.39, 0.29) is 0 Å². The molecule has 1 atom stereocenters. The van der Waals surface area contributed by atoms with Crippen LogP contribution in [0.1, 0.15) is 25.0 Å². The Hall–Kier alpha value is -1.56. The van der Waals surface area contributed by atoms with E-state index in [4.69, 9.17) is 5.11 Å². The largest absolute Gasteiger partial charge is 0.481 e. The lowest BCUT2D eigenvalue weighted by Crippen LogP contribution is -2.31. The number of rotatable bonds is 6. The van der Waals surface area contributed by atoms with Crippen LogP contribution in [0.2, 0.25) is 0 Å². The lowest BCUT2D eigenvalue weighted by atomic mass is 10.1. The van der Waals surface area contributed by atoms with Crippen molar-refractivity contribution < 1.29 is 23.1 Å². The van der Waals surface area contributed by atoms with Gasteiger partial charge in [0.1, 0.15) is 0 Å². The summed E-state index contributed by atoms with van der Waals surface area (Å²) in [6.45, 7) is 4.94. The number of hydrogen-bond acceptors (Lipinski definition) is 2. The van der Waals surface area contributed by atoms with Gasteiger partial charge < -0.3 is 5.11 Å². The molecule has 0 aliphatic rings. The second-order valence-electron chi connectivity index (χ2n) is 4.76.